The highest BCUT2D eigenvalue weighted by molar-refractivity contribution is 5.01. The van der Waals surface area contributed by atoms with Crippen LogP contribution in [-0.4, -0.2) is 49.8 Å². The van der Waals surface area contributed by atoms with Gasteiger partial charge in [0.1, 0.15) is 6.80 Å². The normalized spacial score (nSPS) is 18.1. The number of likely N-dealkylation sites (tertiary alicyclic amines) is 1. The topological polar surface area (TPSA) is 6.48 Å². The lowest BCUT2D eigenvalue weighted by Crippen LogP contribution is -2.38. The minimum atomic E-state index is -0.328. The minimum absolute atomic E-state index is 0.328. The molecule has 1 aliphatic heterocycles. The van der Waals surface area contributed by atoms with Gasteiger partial charge in [-0.1, -0.05) is 13.8 Å². The molecule has 0 aromatic heterocycles. The Kier molecular flexibility index (Phi) is 7.31. The summed E-state index contributed by atoms with van der Waals surface area (Å²) in [6, 6.07) is 0. The maximum Gasteiger partial charge on any atom is 0.142 e. The zero-order valence-electron chi connectivity index (χ0n) is 12.1. The molecule has 0 radical (unpaired) electrons. The number of hydrogen-bond acceptors (Lipinski definition) is 2. The van der Waals surface area contributed by atoms with Crippen LogP contribution in [0.1, 0.15) is 33.1 Å². The van der Waals surface area contributed by atoms with Gasteiger partial charge in [0.25, 0.3) is 0 Å². The lowest BCUT2D eigenvalue weighted by atomic mass is 9.96. The van der Waals surface area contributed by atoms with Crippen molar-refractivity contribution in [2.45, 2.75) is 33.1 Å². The summed E-state index contributed by atoms with van der Waals surface area (Å²) in [7, 11) is 1.86. The van der Waals surface area contributed by atoms with E-state index in [1.54, 1.807) is 4.90 Å². The molecule has 0 aromatic carbocycles. The Morgan fingerprint density at radius 2 is 2.00 bits per heavy atom. The van der Waals surface area contributed by atoms with E-state index in [1.807, 2.05) is 7.05 Å². The van der Waals surface area contributed by atoms with Crippen LogP contribution in [-0.2, 0) is 0 Å². The first-order chi connectivity index (χ1) is 8.61. The van der Waals surface area contributed by atoms with E-state index in [4.69, 9.17) is 0 Å². The van der Waals surface area contributed by atoms with Crippen LogP contribution in [0, 0.1) is 23.7 Å². The van der Waals surface area contributed by atoms with Crippen LogP contribution in [0.5, 0.6) is 0 Å². The molecular formula is C15H27FN2. The van der Waals surface area contributed by atoms with Crippen LogP contribution >= 0.6 is 0 Å². The molecule has 3 heteroatoms. The van der Waals surface area contributed by atoms with Crippen molar-refractivity contribution in [2.75, 3.05) is 40.0 Å². The average Bonchev–Trinajstić information content (AvgIpc) is 2.36. The second kappa shape index (κ2) is 8.50. The third-order valence-corrected chi connectivity index (χ3v) is 3.42. The highest BCUT2D eigenvalue weighted by Crippen LogP contribution is 2.18. The van der Waals surface area contributed by atoms with Crippen molar-refractivity contribution in [2.24, 2.45) is 11.8 Å². The monoisotopic (exact) mass is 254 g/mol. The van der Waals surface area contributed by atoms with Crippen molar-refractivity contribution >= 4 is 0 Å². The van der Waals surface area contributed by atoms with Gasteiger partial charge in [-0.15, -0.1) is 11.8 Å². The van der Waals surface area contributed by atoms with Gasteiger partial charge in [0.2, 0.25) is 0 Å². The third-order valence-electron chi connectivity index (χ3n) is 3.42. The van der Waals surface area contributed by atoms with Crippen LogP contribution < -0.4 is 0 Å². The Morgan fingerprint density at radius 1 is 1.33 bits per heavy atom. The molecule has 0 unspecified atom stereocenters. The largest absolute Gasteiger partial charge is 0.302 e. The van der Waals surface area contributed by atoms with Crippen molar-refractivity contribution in [3.05, 3.63) is 0 Å². The quantitative estimate of drug-likeness (QED) is 0.549. The molecule has 1 fully saturated rings. The van der Waals surface area contributed by atoms with Gasteiger partial charge in [-0.05, 0) is 38.9 Å². The Hall–Kier alpha value is -0.590. The molecule has 0 saturated carbocycles. The zero-order valence-corrected chi connectivity index (χ0v) is 12.1. The van der Waals surface area contributed by atoms with Gasteiger partial charge >= 0.3 is 0 Å². The first-order valence-electron chi connectivity index (χ1n) is 7.07. The van der Waals surface area contributed by atoms with Gasteiger partial charge in [-0.25, -0.2) is 4.39 Å². The molecule has 0 N–H and O–H groups in total. The van der Waals surface area contributed by atoms with Gasteiger partial charge in [-0.3, -0.25) is 4.90 Å². The van der Waals surface area contributed by atoms with Crippen molar-refractivity contribution < 1.29 is 4.39 Å². The van der Waals surface area contributed by atoms with Crippen LogP contribution in [0.25, 0.3) is 0 Å². The summed E-state index contributed by atoms with van der Waals surface area (Å²) in [5.74, 6) is 7.59. The molecule has 0 bridgehead atoms. The fraction of sp³-hybridized carbons (Fsp3) is 0.867. The van der Waals surface area contributed by atoms with Crippen LogP contribution in [0.2, 0.25) is 0 Å². The fourth-order valence-electron chi connectivity index (χ4n) is 2.37. The van der Waals surface area contributed by atoms with Crippen molar-refractivity contribution in [3.63, 3.8) is 0 Å². The molecule has 0 amide bonds. The highest BCUT2D eigenvalue weighted by Gasteiger charge is 2.19. The maximum atomic E-state index is 12.4. The molecule has 0 atom stereocenters. The predicted molar refractivity (Wildman–Crippen MR) is 75.0 cm³/mol. The Morgan fingerprint density at radius 3 is 2.56 bits per heavy atom. The lowest BCUT2D eigenvalue weighted by molar-refractivity contribution is 0.135. The van der Waals surface area contributed by atoms with Gasteiger partial charge in [0, 0.05) is 25.4 Å². The van der Waals surface area contributed by atoms with Crippen LogP contribution in [0.15, 0.2) is 0 Å². The van der Waals surface area contributed by atoms with E-state index in [0.29, 0.717) is 11.8 Å². The van der Waals surface area contributed by atoms with Gasteiger partial charge in [-0.2, -0.15) is 0 Å². The van der Waals surface area contributed by atoms with Crippen molar-refractivity contribution in [3.8, 4) is 11.8 Å². The van der Waals surface area contributed by atoms with E-state index >= 15 is 0 Å². The smallest absolute Gasteiger partial charge is 0.142 e. The average molecular weight is 254 g/mol. The van der Waals surface area contributed by atoms with Gasteiger partial charge < -0.3 is 4.90 Å². The van der Waals surface area contributed by atoms with E-state index < -0.39 is 0 Å². The summed E-state index contributed by atoms with van der Waals surface area (Å²) in [6.07, 6.45) is 3.37. The molecule has 1 heterocycles. The lowest BCUT2D eigenvalue weighted by Gasteiger charge is -2.32. The number of rotatable bonds is 5. The van der Waals surface area contributed by atoms with Crippen LogP contribution in [0.4, 0.5) is 4.39 Å². The Bertz CT molecular complexity index is 272. The molecule has 1 saturated heterocycles. The standard InChI is InChI=1S/C15H27FN2/c1-14(2)6-4-5-9-18-10-7-15(8-11-18)12-17(3)13-16/h14-15H,5,7-13H2,1-3H3. The van der Waals surface area contributed by atoms with Gasteiger partial charge in [0.15, 0.2) is 0 Å². The van der Waals surface area contributed by atoms with E-state index in [1.165, 1.54) is 12.8 Å². The minimum Gasteiger partial charge on any atom is -0.302 e. The van der Waals surface area contributed by atoms with E-state index in [9.17, 15) is 4.39 Å². The number of piperidine rings is 1. The van der Waals surface area contributed by atoms with Crippen molar-refractivity contribution in [1.29, 1.82) is 0 Å². The van der Waals surface area contributed by atoms with Crippen LogP contribution in [0.3, 0.4) is 0 Å². The maximum absolute atomic E-state index is 12.4. The third kappa shape index (κ3) is 6.37. The summed E-state index contributed by atoms with van der Waals surface area (Å²) >= 11 is 0. The molecule has 2 nitrogen and oxygen atoms in total. The summed E-state index contributed by atoms with van der Waals surface area (Å²) in [5, 5.41) is 0. The van der Waals surface area contributed by atoms with E-state index in [0.717, 1.165) is 32.6 Å². The molecule has 1 aliphatic rings. The molecular weight excluding hydrogens is 227 g/mol. The second-order valence-electron chi connectivity index (χ2n) is 5.67. The molecule has 18 heavy (non-hydrogen) atoms. The number of alkyl halides is 1. The summed E-state index contributed by atoms with van der Waals surface area (Å²) in [4.78, 5) is 4.26. The number of nitrogens with zero attached hydrogens (tertiary/aromatic N) is 2. The highest BCUT2D eigenvalue weighted by atomic mass is 19.1. The molecule has 0 aromatic rings. The number of halogens is 1. The molecule has 104 valence electrons. The fourth-order valence-corrected chi connectivity index (χ4v) is 2.37. The summed E-state index contributed by atoms with van der Waals surface area (Å²) < 4.78 is 12.4. The summed E-state index contributed by atoms with van der Waals surface area (Å²) in [6.45, 7) is 8.20. The van der Waals surface area contributed by atoms with E-state index in [-0.39, 0.29) is 6.80 Å². The number of hydrogen-bond donors (Lipinski definition) is 0. The first-order valence-corrected chi connectivity index (χ1v) is 7.07. The van der Waals surface area contributed by atoms with Crippen molar-refractivity contribution in [1.82, 2.24) is 9.80 Å². The molecule has 0 aliphatic carbocycles. The SMILES string of the molecule is CC(C)C#CCCN1CCC(CN(C)CF)CC1. The van der Waals surface area contributed by atoms with E-state index in [2.05, 4.69) is 30.6 Å². The predicted octanol–water partition coefficient (Wildman–Crippen LogP) is 2.61. The Balaban J connectivity index is 2.14. The Labute approximate surface area is 112 Å². The molecule has 1 rings (SSSR count). The summed E-state index contributed by atoms with van der Waals surface area (Å²) in [5.41, 5.74) is 0. The molecule has 0 spiro atoms. The second-order valence-corrected chi connectivity index (χ2v) is 5.67. The first kappa shape index (κ1) is 15.5. The van der Waals surface area contributed by atoms with Gasteiger partial charge in [0.05, 0.1) is 0 Å². The zero-order chi connectivity index (χ0) is 13.4.